The SMILES string of the molecule is Cc1cccc(OCNC(=O)Nc2c(Cl)cccc2Cl)c1C. The molecule has 2 N–H and O–H groups in total. The van der Waals surface area contributed by atoms with Gasteiger partial charge in [-0.15, -0.1) is 0 Å². The number of benzene rings is 2. The van der Waals surface area contributed by atoms with E-state index in [1.165, 1.54) is 0 Å². The molecule has 0 saturated heterocycles. The smallest absolute Gasteiger partial charge is 0.321 e. The summed E-state index contributed by atoms with van der Waals surface area (Å²) in [6.07, 6.45) is 0. The number of amides is 2. The van der Waals surface area contributed by atoms with Crippen LogP contribution in [-0.4, -0.2) is 12.8 Å². The van der Waals surface area contributed by atoms with Crippen LogP contribution in [0, 0.1) is 13.8 Å². The normalized spacial score (nSPS) is 10.2. The van der Waals surface area contributed by atoms with Gasteiger partial charge < -0.3 is 15.4 Å². The summed E-state index contributed by atoms with van der Waals surface area (Å²) in [4.78, 5) is 11.8. The molecule has 0 spiro atoms. The zero-order valence-electron chi connectivity index (χ0n) is 12.2. The number of aryl methyl sites for hydroxylation is 1. The van der Waals surface area contributed by atoms with Crippen molar-refractivity contribution >= 4 is 34.9 Å². The zero-order chi connectivity index (χ0) is 16.1. The second kappa shape index (κ2) is 7.38. The maximum atomic E-state index is 11.8. The fraction of sp³-hybridized carbons (Fsp3) is 0.188. The molecule has 2 aromatic carbocycles. The van der Waals surface area contributed by atoms with Gasteiger partial charge in [-0.25, -0.2) is 4.79 Å². The van der Waals surface area contributed by atoms with E-state index >= 15 is 0 Å². The van der Waals surface area contributed by atoms with Crippen molar-refractivity contribution in [3.05, 3.63) is 57.6 Å². The van der Waals surface area contributed by atoms with Gasteiger partial charge in [-0.2, -0.15) is 0 Å². The summed E-state index contributed by atoms with van der Waals surface area (Å²) >= 11 is 12.0. The van der Waals surface area contributed by atoms with Gasteiger partial charge in [-0.05, 0) is 43.2 Å². The number of urea groups is 1. The Morgan fingerprint density at radius 1 is 1.09 bits per heavy atom. The largest absolute Gasteiger partial charge is 0.473 e. The highest BCUT2D eigenvalue weighted by Gasteiger charge is 2.09. The quantitative estimate of drug-likeness (QED) is 0.789. The first-order chi connectivity index (χ1) is 10.5. The number of carbonyl (C=O) groups is 1. The highest BCUT2D eigenvalue weighted by atomic mass is 35.5. The van der Waals surface area contributed by atoms with E-state index in [1.807, 2.05) is 32.0 Å². The highest BCUT2D eigenvalue weighted by molar-refractivity contribution is 6.39. The molecule has 0 aliphatic carbocycles. The van der Waals surface area contributed by atoms with Crippen molar-refractivity contribution in [2.45, 2.75) is 13.8 Å². The van der Waals surface area contributed by atoms with Gasteiger partial charge >= 0.3 is 6.03 Å². The van der Waals surface area contributed by atoms with E-state index in [0.29, 0.717) is 15.7 Å². The van der Waals surface area contributed by atoms with Crippen molar-refractivity contribution in [2.75, 3.05) is 12.0 Å². The Balaban J connectivity index is 1.90. The van der Waals surface area contributed by atoms with Crippen LogP contribution in [0.2, 0.25) is 10.0 Å². The molecule has 2 amide bonds. The molecule has 4 nitrogen and oxygen atoms in total. The van der Waals surface area contributed by atoms with Crippen molar-refractivity contribution in [1.82, 2.24) is 5.32 Å². The molecule has 2 rings (SSSR count). The Morgan fingerprint density at radius 3 is 2.41 bits per heavy atom. The van der Waals surface area contributed by atoms with E-state index in [1.54, 1.807) is 18.2 Å². The number of halogens is 2. The zero-order valence-corrected chi connectivity index (χ0v) is 13.8. The highest BCUT2D eigenvalue weighted by Crippen LogP contribution is 2.29. The van der Waals surface area contributed by atoms with Crippen LogP contribution >= 0.6 is 23.2 Å². The van der Waals surface area contributed by atoms with Crippen LogP contribution in [-0.2, 0) is 0 Å². The molecule has 0 atom stereocenters. The number of para-hydroxylation sites is 1. The molecular weight excluding hydrogens is 323 g/mol. The third-order valence-electron chi connectivity index (χ3n) is 3.22. The van der Waals surface area contributed by atoms with Gasteiger partial charge in [0.2, 0.25) is 0 Å². The van der Waals surface area contributed by atoms with Crippen molar-refractivity contribution in [2.24, 2.45) is 0 Å². The van der Waals surface area contributed by atoms with E-state index in [2.05, 4.69) is 10.6 Å². The fourth-order valence-corrected chi connectivity index (χ4v) is 2.33. The van der Waals surface area contributed by atoms with Crippen molar-refractivity contribution < 1.29 is 9.53 Å². The molecule has 22 heavy (non-hydrogen) atoms. The Bertz CT molecular complexity index is 670. The van der Waals surface area contributed by atoms with Crippen LogP contribution < -0.4 is 15.4 Å². The molecule has 0 radical (unpaired) electrons. The summed E-state index contributed by atoms with van der Waals surface area (Å²) in [5.74, 6) is 0.732. The summed E-state index contributed by atoms with van der Waals surface area (Å²) in [6.45, 7) is 4.01. The standard InChI is InChI=1S/C16H16Cl2N2O2/c1-10-5-3-8-14(11(10)2)22-9-19-16(21)20-15-12(17)6-4-7-13(15)18/h3-8H,9H2,1-2H3,(H2,19,20,21). The molecule has 0 fully saturated rings. The van der Waals surface area contributed by atoms with Crippen molar-refractivity contribution in [3.63, 3.8) is 0 Å². The van der Waals surface area contributed by atoms with Gasteiger partial charge in [-0.3, -0.25) is 0 Å². The van der Waals surface area contributed by atoms with Crippen LogP contribution in [0.1, 0.15) is 11.1 Å². The second-order valence-electron chi connectivity index (χ2n) is 4.71. The lowest BCUT2D eigenvalue weighted by atomic mass is 10.1. The van der Waals surface area contributed by atoms with Gasteiger partial charge in [0, 0.05) is 0 Å². The minimum Gasteiger partial charge on any atom is -0.473 e. The predicted octanol–water partition coefficient (Wildman–Crippen LogP) is 4.77. The number of rotatable bonds is 4. The average Bonchev–Trinajstić information content (AvgIpc) is 2.47. The van der Waals surface area contributed by atoms with Crippen molar-refractivity contribution in [1.29, 1.82) is 0 Å². The summed E-state index contributed by atoms with van der Waals surface area (Å²) in [6, 6.07) is 10.3. The minimum absolute atomic E-state index is 0.0399. The molecule has 6 heteroatoms. The molecular formula is C16H16Cl2N2O2. The molecule has 0 aliphatic heterocycles. The summed E-state index contributed by atoms with van der Waals surface area (Å²) < 4.78 is 5.55. The lowest BCUT2D eigenvalue weighted by molar-refractivity contribution is 0.234. The van der Waals surface area contributed by atoms with E-state index in [9.17, 15) is 4.79 Å². The topological polar surface area (TPSA) is 50.4 Å². The minimum atomic E-state index is -0.444. The first-order valence-corrected chi connectivity index (χ1v) is 7.42. The third kappa shape index (κ3) is 4.06. The van der Waals surface area contributed by atoms with Gasteiger partial charge in [0.15, 0.2) is 6.73 Å². The molecule has 0 aliphatic rings. The number of carbonyl (C=O) groups excluding carboxylic acids is 1. The molecule has 116 valence electrons. The summed E-state index contributed by atoms with van der Waals surface area (Å²) in [5, 5.41) is 5.93. The number of hydrogen-bond donors (Lipinski definition) is 2. The fourth-order valence-electron chi connectivity index (χ4n) is 1.83. The monoisotopic (exact) mass is 338 g/mol. The molecule has 0 aromatic heterocycles. The van der Waals surface area contributed by atoms with Crippen molar-refractivity contribution in [3.8, 4) is 5.75 Å². The molecule has 0 bridgehead atoms. The van der Waals surface area contributed by atoms with Gasteiger partial charge in [0.05, 0.1) is 15.7 Å². The Morgan fingerprint density at radius 2 is 1.73 bits per heavy atom. The number of ether oxygens (including phenoxy) is 1. The molecule has 0 unspecified atom stereocenters. The van der Waals surface area contributed by atoms with E-state index in [-0.39, 0.29) is 6.73 Å². The van der Waals surface area contributed by atoms with Crippen LogP contribution in [0.5, 0.6) is 5.75 Å². The second-order valence-corrected chi connectivity index (χ2v) is 5.53. The third-order valence-corrected chi connectivity index (χ3v) is 3.85. The van der Waals surface area contributed by atoms with E-state index in [4.69, 9.17) is 27.9 Å². The van der Waals surface area contributed by atoms with Gasteiger partial charge in [0.1, 0.15) is 5.75 Å². The molecule has 0 heterocycles. The van der Waals surface area contributed by atoms with Gasteiger partial charge in [-0.1, -0.05) is 41.4 Å². The van der Waals surface area contributed by atoms with E-state index < -0.39 is 6.03 Å². The molecule has 0 saturated carbocycles. The first-order valence-electron chi connectivity index (χ1n) is 6.67. The summed E-state index contributed by atoms with van der Waals surface area (Å²) in [5.41, 5.74) is 2.54. The molecule has 2 aromatic rings. The number of nitrogens with one attached hydrogen (secondary N) is 2. The predicted molar refractivity (Wildman–Crippen MR) is 90.0 cm³/mol. The first kappa shape index (κ1) is 16.5. The maximum Gasteiger partial charge on any atom is 0.321 e. The van der Waals surface area contributed by atoms with Crippen LogP contribution in [0.3, 0.4) is 0 Å². The number of hydrogen-bond acceptors (Lipinski definition) is 2. The lowest BCUT2D eigenvalue weighted by Crippen LogP contribution is -2.32. The maximum absolute atomic E-state index is 11.8. The Kier molecular flexibility index (Phi) is 5.52. The lowest BCUT2D eigenvalue weighted by Gasteiger charge is -2.13. The Hall–Kier alpha value is -1.91. The number of anilines is 1. The average molecular weight is 339 g/mol. The van der Waals surface area contributed by atoms with E-state index in [0.717, 1.165) is 16.9 Å². The van der Waals surface area contributed by atoms with Gasteiger partial charge in [0.25, 0.3) is 0 Å². The Labute approximate surface area is 139 Å². The van der Waals surface area contributed by atoms with Crippen LogP contribution in [0.4, 0.5) is 10.5 Å². The van der Waals surface area contributed by atoms with Crippen LogP contribution in [0.25, 0.3) is 0 Å². The summed E-state index contributed by atoms with van der Waals surface area (Å²) in [7, 11) is 0. The van der Waals surface area contributed by atoms with Crippen LogP contribution in [0.15, 0.2) is 36.4 Å².